The first-order valence-corrected chi connectivity index (χ1v) is 8.12. The fourth-order valence-corrected chi connectivity index (χ4v) is 2.57. The maximum absolute atomic E-state index is 9.03. The predicted molar refractivity (Wildman–Crippen MR) is 102 cm³/mol. The Morgan fingerprint density at radius 1 is 0.962 bits per heavy atom. The first kappa shape index (κ1) is 17.2. The third-order valence-corrected chi connectivity index (χ3v) is 3.72. The van der Waals surface area contributed by atoms with Crippen LogP contribution in [0.25, 0.3) is 0 Å². The zero-order valence-corrected chi connectivity index (χ0v) is 14.9. The van der Waals surface area contributed by atoms with Gasteiger partial charge in [0.15, 0.2) is 0 Å². The molecule has 0 aliphatic rings. The molecule has 6 heteroatoms. The van der Waals surface area contributed by atoms with Gasteiger partial charge in [-0.25, -0.2) is 9.97 Å². The molecule has 26 heavy (non-hydrogen) atoms. The quantitative estimate of drug-likeness (QED) is 0.710. The monoisotopic (exact) mass is 345 g/mol. The number of benzene rings is 2. The number of nitriles is 1. The van der Waals surface area contributed by atoms with E-state index in [9.17, 15) is 0 Å². The molecule has 1 aromatic heterocycles. The van der Waals surface area contributed by atoms with Crippen LogP contribution in [0.3, 0.4) is 0 Å². The Kier molecular flexibility index (Phi) is 4.99. The van der Waals surface area contributed by atoms with Crippen molar-refractivity contribution in [1.29, 1.82) is 5.26 Å². The number of nitrogens with zero attached hydrogens (tertiary/aromatic N) is 3. The van der Waals surface area contributed by atoms with Crippen molar-refractivity contribution in [2.45, 2.75) is 13.8 Å². The Bertz CT molecular complexity index is 978. The highest BCUT2D eigenvalue weighted by atomic mass is 16.5. The van der Waals surface area contributed by atoms with Crippen molar-refractivity contribution >= 4 is 23.0 Å². The Morgan fingerprint density at radius 2 is 1.73 bits per heavy atom. The Hall–Kier alpha value is -3.59. The van der Waals surface area contributed by atoms with E-state index in [0.29, 0.717) is 23.0 Å². The lowest BCUT2D eigenvalue weighted by atomic mass is 10.2. The topological polar surface area (TPSA) is 82.9 Å². The fraction of sp³-hybridized carbons (Fsp3) is 0.150. The normalized spacial score (nSPS) is 10.1. The van der Waals surface area contributed by atoms with Gasteiger partial charge in [-0.1, -0.05) is 12.1 Å². The molecule has 2 N–H and O–H groups in total. The molecular formula is C20H19N5O. The lowest BCUT2D eigenvalue weighted by Gasteiger charge is -2.13. The van der Waals surface area contributed by atoms with Gasteiger partial charge in [-0.3, -0.25) is 0 Å². The second kappa shape index (κ2) is 7.53. The lowest BCUT2D eigenvalue weighted by molar-refractivity contribution is 0.416. The highest BCUT2D eigenvalue weighted by Crippen LogP contribution is 2.29. The van der Waals surface area contributed by atoms with Crippen LogP contribution in [0.1, 0.15) is 17.0 Å². The molecule has 0 radical (unpaired) electrons. The average molecular weight is 345 g/mol. The molecule has 0 saturated carbocycles. The molecule has 0 saturated heterocycles. The molecule has 3 aromatic rings. The minimum absolute atomic E-state index is 0.587. The zero-order chi connectivity index (χ0) is 18.5. The van der Waals surface area contributed by atoms with Crippen molar-refractivity contribution in [2.24, 2.45) is 0 Å². The van der Waals surface area contributed by atoms with E-state index in [1.165, 1.54) is 0 Å². The van der Waals surface area contributed by atoms with Crippen LogP contribution in [0.5, 0.6) is 5.75 Å². The summed E-state index contributed by atoms with van der Waals surface area (Å²) in [7, 11) is 1.64. The molecule has 0 fully saturated rings. The highest BCUT2D eigenvalue weighted by Gasteiger charge is 2.07. The number of methoxy groups -OCH3 is 1. The molecule has 1 heterocycles. The van der Waals surface area contributed by atoms with E-state index >= 15 is 0 Å². The van der Waals surface area contributed by atoms with Crippen molar-refractivity contribution in [3.63, 3.8) is 0 Å². The second-order valence-electron chi connectivity index (χ2n) is 5.83. The molecule has 3 rings (SSSR count). The molecule has 0 unspecified atom stereocenters. The van der Waals surface area contributed by atoms with Gasteiger partial charge in [0.05, 0.1) is 24.4 Å². The number of ether oxygens (including phenoxy) is 1. The second-order valence-corrected chi connectivity index (χ2v) is 5.83. The molecule has 0 atom stereocenters. The molecular weight excluding hydrogens is 326 g/mol. The van der Waals surface area contributed by atoms with Crippen LogP contribution in [0.4, 0.5) is 23.0 Å². The van der Waals surface area contributed by atoms with Crippen molar-refractivity contribution in [1.82, 2.24) is 9.97 Å². The molecule has 0 bridgehead atoms. The molecule has 6 nitrogen and oxygen atoms in total. The minimum Gasteiger partial charge on any atom is -0.495 e. The van der Waals surface area contributed by atoms with Crippen LogP contribution in [0.15, 0.2) is 48.5 Å². The molecule has 0 spiro atoms. The van der Waals surface area contributed by atoms with Gasteiger partial charge >= 0.3 is 0 Å². The first-order valence-electron chi connectivity index (χ1n) is 8.12. The standard InChI is InChI=1S/C20H19N5O/c1-13-7-8-18(26-3)17(9-13)25-20-11-19(22-14(2)23-20)24-16-6-4-5-15(10-16)12-21/h4-11H,1-3H3,(H2,22,23,24,25). The molecule has 0 amide bonds. The number of aromatic nitrogens is 2. The largest absolute Gasteiger partial charge is 0.495 e. The van der Waals surface area contributed by atoms with Crippen molar-refractivity contribution < 1.29 is 4.74 Å². The van der Waals surface area contributed by atoms with E-state index in [1.807, 2.05) is 50.2 Å². The first-order chi connectivity index (χ1) is 12.6. The van der Waals surface area contributed by atoms with E-state index in [-0.39, 0.29) is 0 Å². The number of hydrogen-bond donors (Lipinski definition) is 2. The van der Waals surface area contributed by atoms with Crippen LogP contribution in [0, 0.1) is 25.2 Å². The van der Waals surface area contributed by atoms with Gasteiger partial charge in [0.2, 0.25) is 0 Å². The maximum Gasteiger partial charge on any atom is 0.142 e. The summed E-state index contributed by atoms with van der Waals surface area (Å²) in [6, 6.07) is 17.1. The summed E-state index contributed by atoms with van der Waals surface area (Å²) in [4.78, 5) is 8.85. The average Bonchev–Trinajstić information content (AvgIpc) is 2.61. The van der Waals surface area contributed by atoms with Crippen LogP contribution < -0.4 is 15.4 Å². The van der Waals surface area contributed by atoms with E-state index in [4.69, 9.17) is 10.00 Å². The van der Waals surface area contributed by atoms with Crippen molar-refractivity contribution in [3.05, 3.63) is 65.5 Å². The Labute approximate surface area is 152 Å². The Morgan fingerprint density at radius 3 is 2.46 bits per heavy atom. The predicted octanol–water partition coefficient (Wildman–Crippen LogP) is 4.46. The zero-order valence-electron chi connectivity index (χ0n) is 14.9. The summed E-state index contributed by atoms with van der Waals surface area (Å²) in [5.74, 6) is 2.66. The molecule has 0 aliphatic carbocycles. The maximum atomic E-state index is 9.03. The number of anilines is 4. The van der Waals surface area contributed by atoms with Gasteiger partial charge in [0.1, 0.15) is 23.2 Å². The van der Waals surface area contributed by atoms with Crippen LogP contribution in [-0.4, -0.2) is 17.1 Å². The van der Waals surface area contributed by atoms with E-state index < -0.39 is 0 Å². The van der Waals surface area contributed by atoms with Crippen molar-refractivity contribution in [3.8, 4) is 11.8 Å². The number of hydrogen-bond acceptors (Lipinski definition) is 6. The van der Waals surface area contributed by atoms with Crippen LogP contribution >= 0.6 is 0 Å². The number of aryl methyl sites for hydroxylation is 2. The van der Waals surface area contributed by atoms with Crippen LogP contribution in [0.2, 0.25) is 0 Å². The summed E-state index contributed by atoms with van der Waals surface area (Å²) >= 11 is 0. The highest BCUT2D eigenvalue weighted by molar-refractivity contribution is 5.68. The van der Waals surface area contributed by atoms with Gasteiger partial charge in [-0.2, -0.15) is 5.26 Å². The van der Waals surface area contributed by atoms with Gasteiger partial charge < -0.3 is 15.4 Å². The van der Waals surface area contributed by atoms with Crippen molar-refractivity contribution in [2.75, 3.05) is 17.7 Å². The van der Waals surface area contributed by atoms with Crippen LogP contribution in [-0.2, 0) is 0 Å². The number of nitrogens with one attached hydrogen (secondary N) is 2. The smallest absolute Gasteiger partial charge is 0.142 e. The summed E-state index contributed by atoms with van der Waals surface area (Å²) in [6.07, 6.45) is 0. The summed E-state index contributed by atoms with van der Waals surface area (Å²) in [5.41, 5.74) is 3.33. The molecule has 130 valence electrons. The summed E-state index contributed by atoms with van der Waals surface area (Å²) < 4.78 is 5.40. The van der Waals surface area contributed by atoms with Gasteiger partial charge in [0.25, 0.3) is 0 Å². The van der Waals surface area contributed by atoms with E-state index in [2.05, 4.69) is 26.7 Å². The fourth-order valence-electron chi connectivity index (χ4n) is 2.57. The van der Waals surface area contributed by atoms with Gasteiger partial charge in [0, 0.05) is 11.8 Å². The SMILES string of the molecule is COc1ccc(C)cc1Nc1cc(Nc2cccc(C#N)c2)nc(C)n1. The summed E-state index contributed by atoms with van der Waals surface area (Å²) in [6.45, 7) is 3.85. The number of rotatable bonds is 5. The summed E-state index contributed by atoms with van der Waals surface area (Å²) in [5, 5.41) is 15.5. The van der Waals surface area contributed by atoms with Gasteiger partial charge in [-0.05, 0) is 49.7 Å². The molecule has 0 aliphatic heterocycles. The van der Waals surface area contributed by atoms with Gasteiger partial charge in [-0.15, -0.1) is 0 Å². The van der Waals surface area contributed by atoms with E-state index in [0.717, 1.165) is 22.7 Å². The lowest BCUT2D eigenvalue weighted by Crippen LogP contribution is -2.02. The molecule has 2 aromatic carbocycles. The van der Waals surface area contributed by atoms with E-state index in [1.54, 1.807) is 19.2 Å². The third-order valence-electron chi connectivity index (χ3n) is 3.72. The third kappa shape index (κ3) is 4.08. The Balaban J connectivity index is 1.88. The minimum atomic E-state index is 0.587.